The Hall–Kier alpha value is -0.750. The average Bonchev–Trinajstić information content (AvgIpc) is 2.19. The minimum atomic E-state index is -0.857. The van der Waals surface area contributed by atoms with E-state index in [-0.39, 0.29) is 0 Å². The predicted molar refractivity (Wildman–Crippen MR) is 60.8 cm³/mol. The van der Waals surface area contributed by atoms with Gasteiger partial charge in [-0.2, -0.15) is 5.26 Å². The molecule has 0 aliphatic rings. The molecule has 1 N–H and O–H groups in total. The molecular formula is C11H11Cl2NO. The molecule has 0 fully saturated rings. The van der Waals surface area contributed by atoms with E-state index in [4.69, 9.17) is 28.5 Å². The van der Waals surface area contributed by atoms with Crippen molar-refractivity contribution in [1.29, 1.82) is 5.26 Å². The third-order valence-corrected chi connectivity index (χ3v) is 2.83. The highest BCUT2D eigenvalue weighted by Gasteiger charge is 2.20. The first kappa shape index (κ1) is 12.3. The number of hydrogen-bond acceptors (Lipinski definition) is 2. The quantitative estimate of drug-likeness (QED) is 0.883. The summed E-state index contributed by atoms with van der Waals surface area (Å²) in [5.41, 5.74) is 0.550. The van der Waals surface area contributed by atoms with Gasteiger partial charge in [-0.25, -0.2) is 0 Å². The highest BCUT2D eigenvalue weighted by atomic mass is 35.5. The Morgan fingerprint density at radius 3 is 2.60 bits per heavy atom. The fourth-order valence-electron chi connectivity index (χ4n) is 1.34. The minimum absolute atomic E-state index is 0.392. The molecule has 0 aliphatic carbocycles. The first-order valence-electron chi connectivity index (χ1n) is 4.62. The van der Waals surface area contributed by atoms with Crippen molar-refractivity contribution in [1.82, 2.24) is 0 Å². The molecule has 1 aromatic carbocycles. The molecule has 15 heavy (non-hydrogen) atoms. The van der Waals surface area contributed by atoms with Gasteiger partial charge in [0, 0.05) is 15.6 Å². The van der Waals surface area contributed by atoms with E-state index in [0.29, 0.717) is 22.0 Å². The summed E-state index contributed by atoms with van der Waals surface area (Å²) in [7, 11) is 0. The normalized spacial score (nSPS) is 14.3. The van der Waals surface area contributed by atoms with Crippen LogP contribution >= 0.6 is 23.2 Å². The molecule has 0 amide bonds. The number of hydrogen-bond donors (Lipinski definition) is 1. The van der Waals surface area contributed by atoms with Crippen molar-refractivity contribution in [2.24, 2.45) is 5.92 Å². The van der Waals surface area contributed by atoms with Crippen LogP contribution in [-0.4, -0.2) is 5.11 Å². The Balaban J connectivity index is 3.01. The van der Waals surface area contributed by atoms with Crippen LogP contribution in [0.25, 0.3) is 0 Å². The van der Waals surface area contributed by atoms with Crippen LogP contribution in [0, 0.1) is 17.2 Å². The summed E-state index contributed by atoms with van der Waals surface area (Å²) in [5, 5.41) is 19.6. The monoisotopic (exact) mass is 243 g/mol. The highest BCUT2D eigenvalue weighted by molar-refractivity contribution is 6.35. The molecule has 0 bridgehead atoms. The van der Waals surface area contributed by atoms with Crippen molar-refractivity contribution in [3.8, 4) is 6.07 Å². The maximum atomic E-state index is 9.90. The molecule has 1 rings (SSSR count). The molecule has 0 radical (unpaired) electrons. The van der Waals surface area contributed by atoms with Gasteiger partial charge in [0.2, 0.25) is 0 Å². The molecule has 2 nitrogen and oxygen atoms in total. The third-order valence-electron chi connectivity index (χ3n) is 2.27. The van der Waals surface area contributed by atoms with Crippen molar-refractivity contribution in [2.45, 2.75) is 19.4 Å². The lowest BCUT2D eigenvalue weighted by Gasteiger charge is -2.16. The Morgan fingerprint density at radius 1 is 1.47 bits per heavy atom. The van der Waals surface area contributed by atoms with Crippen LogP contribution in [0.15, 0.2) is 18.2 Å². The Kier molecular flexibility index (Phi) is 4.41. The number of halogens is 2. The summed E-state index contributed by atoms with van der Waals surface area (Å²) >= 11 is 11.7. The van der Waals surface area contributed by atoms with Gasteiger partial charge in [0.25, 0.3) is 0 Å². The average molecular weight is 244 g/mol. The van der Waals surface area contributed by atoms with Crippen LogP contribution in [0.3, 0.4) is 0 Å². The fourth-order valence-corrected chi connectivity index (χ4v) is 1.86. The zero-order valence-electron chi connectivity index (χ0n) is 8.24. The van der Waals surface area contributed by atoms with E-state index in [1.54, 1.807) is 18.2 Å². The zero-order chi connectivity index (χ0) is 11.4. The second kappa shape index (κ2) is 5.37. The molecule has 4 heteroatoms. The molecular weight excluding hydrogens is 233 g/mol. The van der Waals surface area contributed by atoms with Crippen LogP contribution < -0.4 is 0 Å². The maximum Gasteiger partial charge on any atom is 0.0962 e. The fraction of sp³-hybridized carbons (Fsp3) is 0.364. The smallest absolute Gasteiger partial charge is 0.0962 e. The number of aliphatic hydroxyl groups is 1. The van der Waals surface area contributed by atoms with E-state index in [1.807, 2.05) is 6.92 Å². The zero-order valence-corrected chi connectivity index (χ0v) is 9.76. The van der Waals surface area contributed by atoms with Crippen molar-refractivity contribution >= 4 is 23.2 Å². The van der Waals surface area contributed by atoms with Crippen molar-refractivity contribution < 1.29 is 5.11 Å². The van der Waals surface area contributed by atoms with Gasteiger partial charge in [-0.1, -0.05) is 36.2 Å². The number of rotatable bonds is 3. The summed E-state index contributed by atoms with van der Waals surface area (Å²) in [6.07, 6.45) is -0.277. The number of benzene rings is 1. The molecule has 80 valence electrons. The van der Waals surface area contributed by atoms with Gasteiger partial charge >= 0.3 is 0 Å². The second-order valence-corrected chi connectivity index (χ2v) is 4.10. The van der Waals surface area contributed by atoms with Crippen LogP contribution in [-0.2, 0) is 0 Å². The van der Waals surface area contributed by atoms with Crippen LogP contribution in [0.1, 0.15) is 25.0 Å². The lowest BCUT2D eigenvalue weighted by atomic mass is 9.95. The van der Waals surface area contributed by atoms with Gasteiger partial charge in [0.05, 0.1) is 18.1 Å². The summed E-state index contributed by atoms with van der Waals surface area (Å²) < 4.78 is 0. The molecule has 0 aliphatic heterocycles. The topological polar surface area (TPSA) is 44.0 Å². The number of nitrogens with zero attached hydrogens (tertiary/aromatic N) is 1. The van der Waals surface area contributed by atoms with Crippen molar-refractivity contribution in [2.75, 3.05) is 0 Å². The molecule has 2 unspecified atom stereocenters. The van der Waals surface area contributed by atoms with Gasteiger partial charge in [0.15, 0.2) is 0 Å². The SMILES string of the molecule is CCC(C#N)C(O)c1ccc(Cl)cc1Cl. The molecule has 0 saturated carbocycles. The minimum Gasteiger partial charge on any atom is -0.387 e. The summed E-state index contributed by atoms with van der Waals surface area (Å²) in [6.45, 7) is 1.85. The summed E-state index contributed by atoms with van der Waals surface area (Å²) in [4.78, 5) is 0. The van der Waals surface area contributed by atoms with Gasteiger partial charge in [0.1, 0.15) is 0 Å². The van der Waals surface area contributed by atoms with E-state index in [2.05, 4.69) is 6.07 Å². The molecule has 0 saturated heterocycles. The van der Waals surface area contributed by atoms with Crippen molar-refractivity contribution in [3.05, 3.63) is 33.8 Å². The lowest BCUT2D eigenvalue weighted by Crippen LogP contribution is -2.10. The number of nitriles is 1. The first-order chi connectivity index (χ1) is 7.10. The van der Waals surface area contributed by atoms with E-state index < -0.39 is 12.0 Å². The van der Waals surface area contributed by atoms with Gasteiger partial charge < -0.3 is 5.11 Å². The van der Waals surface area contributed by atoms with Gasteiger partial charge in [-0.15, -0.1) is 0 Å². The molecule has 2 atom stereocenters. The van der Waals surface area contributed by atoms with Crippen molar-refractivity contribution in [3.63, 3.8) is 0 Å². The van der Waals surface area contributed by atoms with Gasteiger partial charge in [-0.05, 0) is 18.6 Å². The second-order valence-electron chi connectivity index (χ2n) is 3.25. The molecule has 0 spiro atoms. The van der Waals surface area contributed by atoms with E-state index in [1.165, 1.54) is 0 Å². The van der Waals surface area contributed by atoms with E-state index >= 15 is 0 Å². The highest BCUT2D eigenvalue weighted by Crippen LogP contribution is 2.31. The Morgan fingerprint density at radius 2 is 2.13 bits per heavy atom. The first-order valence-corrected chi connectivity index (χ1v) is 5.38. The number of aliphatic hydroxyl groups excluding tert-OH is 1. The van der Waals surface area contributed by atoms with Crippen LogP contribution in [0.2, 0.25) is 10.0 Å². The lowest BCUT2D eigenvalue weighted by molar-refractivity contribution is 0.133. The third kappa shape index (κ3) is 2.85. The van der Waals surface area contributed by atoms with E-state index in [0.717, 1.165) is 0 Å². The molecule has 1 aromatic rings. The molecule has 0 heterocycles. The predicted octanol–water partition coefficient (Wildman–Crippen LogP) is 3.58. The molecule has 0 aromatic heterocycles. The van der Waals surface area contributed by atoms with Crippen LogP contribution in [0.4, 0.5) is 0 Å². The summed E-state index contributed by atoms with van der Waals surface area (Å²) in [6, 6.07) is 6.91. The maximum absolute atomic E-state index is 9.90. The summed E-state index contributed by atoms with van der Waals surface area (Å²) in [5.74, 6) is -0.441. The standard InChI is InChI=1S/C11H11Cl2NO/c1-2-7(6-14)11(15)9-4-3-8(12)5-10(9)13/h3-5,7,11,15H,2H2,1H3. The Labute approximate surface area is 99.0 Å². The van der Waals surface area contributed by atoms with Crippen LogP contribution in [0.5, 0.6) is 0 Å². The van der Waals surface area contributed by atoms with E-state index in [9.17, 15) is 5.11 Å². The Bertz CT molecular complexity index is 387. The van der Waals surface area contributed by atoms with Gasteiger partial charge in [-0.3, -0.25) is 0 Å². The largest absolute Gasteiger partial charge is 0.387 e.